The number of hydrogen-bond donors (Lipinski definition) is 2. The molecule has 1 aromatic carbocycles. The van der Waals surface area contributed by atoms with Gasteiger partial charge in [0.2, 0.25) is 5.91 Å². The predicted octanol–water partition coefficient (Wildman–Crippen LogP) is 2.66. The second kappa shape index (κ2) is 4.69. The highest BCUT2D eigenvalue weighted by Crippen LogP contribution is 2.38. The van der Waals surface area contributed by atoms with Gasteiger partial charge in [-0.15, -0.1) is 0 Å². The van der Waals surface area contributed by atoms with E-state index < -0.39 is 0 Å². The van der Waals surface area contributed by atoms with Gasteiger partial charge in [0.25, 0.3) is 0 Å². The molecule has 1 aliphatic rings. The number of nitrogens with two attached hydrogens (primary N) is 1. The molecule has 1 fully saturated rings. The van der Waals surface area contributed by atoms with Gasteiger partial charge in [0.05, 0.1) is 11.3 Å². The molecule has 4 heteroatoms. The number of rotatable bonds is 2. The molecule has 94 valence electrons. The van der Waals surface area contributed by atoms with Gasteiger partial charge in [0, 0.05) is 11.1 Å². The number of nitrogen functional groups attached to an aromatic ring is 1. The van der Waals surface area contributed by atoms with Crippen LogP contribution in [-0.4, -0.2) is 5.91 Å². The quantitative estimate of drug-likeness (QED) is 0.784. The van der Waals surface area contributed by atoms with Crippen LogP contribution in [0.3, 0.4) is 0 Å². The fourth-order valence-electron chi connectivity index (χ4n) is 2.42. The van der Waals surface area contributed by atoms with E-state index in [9.17, 15) is 4.79 Å². The maximum atomic E-state index is 12.2. The first-order valence-corrected chi connectivity index (χ1v) is 6.16. The van der Waals surface area contributed by atoms with Gasteiger partial charge in [-0.2, -0.15) is 5.26 Å². The number of carbonyl (C=O) groups excluding carboxylic acids is 1. The van der Waals surface area contributed by atoms with Gasteiger partial charge in [-0.25, -0.2) is 0 Å². The summed E-state index contributed by atoms with van der Waals surface area (Å²) in [5.74, 6) is 0.00118. The standard InChI is InChI=1S/C14H17N3O/c1-14(6-2-3-7-14)13(18)17-12-5-4-11(16)8-10(12)9-15/h4-5,8H,2-3,6-7,16H2,1H3,(H,17,18). The number of amides is 1. The molecule has 0 aliphatic heterocycles. The summed E-state index contributed by atoms with van der Waals surface area (Å²) in [7, 11) is 0. The highest BCUT2D eigenvalue weighted by Gasteiger charge is 2.36. The number of hydrogen-bond acceptors (Lipinski definition) is 3. The minimum absolute atomic E-state index is 0.00118. The minimum Gasteiger partial charge on any atom is -0.399 e. The first-order chi connectivity index (χ1) is 8.55. The SMILES string of the molecule is CC1(C(=O)Nc2ccc(N)cc2C#N)CCCC1. The van der Waals surface area contributed by atoms with E-state index in [1.807, 2.05) is 6.92 Å². The Kier molecular flexibility index (Phi) is 3.24. The van der Waals surface area contributed by atoms with Crippen LogP contribution < -0.4 is 11.1 Å². The molecule has 0 atom stereocenters. The number of carbonyl (C=O) groups is 1. The van der Waals surface area contributed by atoms with E-state index >= 15 is 0 Å². The zero-order valence-electron chi connectivity index (χ0n) is 10.5. The van der Waals surface area contributed by atoms with Crippen molar-refractivity contribution in [2.24, 2.45) is 5.41 Å². The van der Waals surface area contributed by atoms with Crippen LogP contribution in [0.5, 0.6) is 0 Å². The fourth-order valence-corrected chi connectivity index (χ4v) is 2.42. The van der Waals surface area contributed by atoms with Gasteiger partial charge >= 0.3 is 0 Å². The summed E-state index contributed by atoms with van der Waals surface area (Å²) in [4.78, 5) is 12.2. The molecule has 0 saturated heterocycles. The molecule has 0 bridgehead atoms. The van der Waals surface area contributed by atoms with Gasteiger partial charge in [-0.3, -0.25) is 4.79 Å². The maximum Gasteiger partial charge on any atom is 0.230 e. The number of benzene rings is 1. The average Bonchev–Trinajstić information content (AvgIpc) is 2.79. The summed E-state index contributed by atoms with van der Waals surface area (Å²) in [6, 6.07) is 7.00. The molecule has 1 aliphatic carbocycles. The third kappa shape index (κ3) is 2.30. The Bertz CT molecular complexity index is 510. The van der Waals surface area contributed by atoms with Crippen molar-refractivity contribution in [1.29, 1.82) is 5.26 Å². The number of nitrogens with zero attached hydrogens (tertiary/aromatic N) is 1. The molecule has 18 heavy (non-hydrogen) atoms. The first-order valence-electron chi connectivity index (χ1n) is 6.16. The maximum absolute atomic E-state index is 12.2. The van der Waals surface area contributed by atoms with Crippen molar-refractivity contribution in [3.8, 4) is 6.07 Å². The Hall–Kier alpha value is -2.02. The van der Waals surface area contributed by atoms with E-state index in [2.05, 4.69) is 11.4 Å². The second-order valence-corrected chi connectivity index (χ2v) is 5.14. The Morgan fingerprint density at radius 2 is 2.11 bits per heavy atom. The monoisotopic (exact) mass is 243 g/mol. The average molecular weight is 243 g/mol. The van der Waals surface area contributed by atoms with Crippen molar-refractivity contribution >= 4 is 17.3 Å². The van der Waals surface area contributed by atoms with Crippen LogP contribution in [0.15, 0.2) is 18.2 Å². The third-order valence-electron chi connectivity index (χ3n) is 3.67. The summed E-state index contributed by atoms with van der Waals surface area (Å²) in [5.41, 5.74) is 6.80. The molecule has 0 heterocycles. The second-order valence-electron chi connectivity index (χ2n) is 5.14. The molecule has 3 N–H and O–H groups in total. The lowest BCUT2D eigenvalue weighted by molar-refractivity contribution is -0.124. The van der Waals surface area contributed by atoms with Crippen molar-refractivity contribution in [2.75, 3.05) is 11.1 Å². The van der Waals surface area contributed by atoms with Crippen molar-refractivity contribution < 1.29 is 4.79 Å². The smallest absolute Gasteiger partial charge is 0.230 e. The number of nitrogens with one attached hydrogen (secondary N) is 1. The van der Waals surface area contributed by atoms with Crippen LogP contribution in [0.4, 0.5) is 11.4 Å². The first kappa shape index (κ1) is 12.4. The van der Waals surface area contributed by atoms with Crippen LogP contribution in [0.2, 0.25) is 0 Å². The molecule has 0 unspecified atom stereocenters. The Balaban J connectivity index is 2.19. The molecular weight excluding hydrogens is 226 g/mol. The van der Waals surface area contributed by atoms with Crippen LogP contribution in [0, 0.1) is 16.7 Å². The number of anilines is 2. The van der Waals surface area contributed by atoms with Crippen molar-refractivity contribution in [3.63, 3.8) is 0 Å². The zero-order chi connectivity index (χ0) is 13.2. The molecular formula is C14H17N3O. The molecule has 2 rings (SSSR count). The molecule has 1 aromatic rings. The zero-order valence-corrected chi connectivity index (χ0v) is 10.5. The topological polar surface area (TPSA) is 78.9 Å². The van der Waals surface area contributed by atoms with Crippen LogP contribution in [0.1, 0.15) is 38.2 Å². The summed E-state index contributed by atoms with van der Waals surface area (Å²) in [6.07, 6.45) is 4.01. The molecule has 4 nitrogen and oxygen atoms in total. The van der Waals surface area contributed by atoms with E-state index in [-0.39, 0.29) is 11.3 Å². The van der Waals surface area contributed by atoms with Gasteiger partial charge < -0.3 is 11.1 Å². The van der Waals surface area contributed by atoms with E-state index in [1.54, 1.807) is 18.2 Å². The van der Waals surface area contributed by atoms with Gasteiger partial charge in [0.15, 0.2) is 0 Å². The van der Waals surface area contributed by atoms with Gasteiger partial charge in [-0.05, 0) is 31.0 Å². The fraction of sp³-hybridized carbons (Fsp3) is 0.429. The number of nitriles is 1. The van der Waals surface area contributed by atoms with Crippen LogP contribution in [0.25, 0.3) is 0 Å². The van der Waals surface area contributed by atoms with Gasteiger partial charge in [-0.1, -0.05) is 19.8 Å². The highest BCUT2D eigenvalue weighted by atomic mass is 16.2. The normalized spacial score (nSPS) is 17.1. The van der Waals surface area contributed by atoms with Gasteiger partial charge in [0.1, 0.15) is 6.07 Å². The van der Waals surface area contributed by atoms with Crippen molar-refractivity contribution in [3.05, 3.63) is 23.8 Å². The summed E-state index contributed by atoms with van der Waals surface area (Å²) in [6.45, 7) is 1.98. The van der Waals surface area contributed by atoms with E-state index in [4.69, 9.17) is 11.0 Å². The lowest BCUT2D eigenvalue weighted by Crippen LogP contribution is -2.31. The van der Waals surface area contributed by atoms with E-state index in [1.165, 1.54) is 0 Å². The largest absolute Gasteiger partial charge is 0.399 e. The van der Waals surface area contributed by atoms with Crippen LogP contribution >= 0.6 is 0 Å². The Morgan fingerprint density at radius 1 is 1.44 bits per heavy atom. The van der Waals surface area contributed by atoms with Crippen molar-refractivity contribution in [1.82, 2.24) is 0 Å². The van der Waals surface area contributed by atoms with Crippen LogP contribution in [-0.2, 0) is 4.79 Å². The van der Waals surface area contributed by atoms with E-state index in [0.29, 0.717) is 16.9 Å². The molecule has 1 saturated carbocycles. The lowest BCUT2D eigenvalue weighted by atomic mass is 9.87. The van der Waals surface area contributed by atoms with Crippen molar-refractivity contribution in [2.45, 2.75) is 32.6 Å². The Morgan fingerprint density at radius 3 is 2.72 bits per heavy atom. The highest BCUT2D eigenvalue weighted by molar-refractivity contribution is 5.96. The molecule has 0 spiro atoms. The minimum atomic E-state index is -0.298. The summed E-state index contributed by atoms with van der Waals surface area (Å²) < 4.78 is 0. The predicted molar refractivity (Wildman–Crippen MR) is 70.8 cm³/mol. The molecule has 0 radical (unpaired) electrons. The molecule has 0 aromatic heterocycles. The third-order valence-corrected chi connectivity index (χ3v) is 3.67. The summed E-state index contributed by atoms with van der Waals surface area (Å²) >= 11 is 0. The van der Waals surface area contributed by atoms with E-state index in [0.717, 1.165) is 25.7 Å². The Labute approximate surface area is 107 Å². The summed E-state index contributed by atoms with van der Waals surface area (Å²) in [5, 5.41) is 11.9. The lowest BCUT2D eigenvalue weighted by Gasteiger charge is -2.22. The molecule has 1 amide bonds.